The van der Waals surface area contributed by atoms with Crippen molar-refractivity contribution in [3.63, 3.8) is 0 Å². The zero-order valence-corrected chi connectivity index (χ0v) is 10.1. The van der Waals surface area contributed by atoms with Crippen molar-refractivity contribution in [2.24, 2.45) is 0 Å². The molecule has 0 spiro atoms. The minimum absolute atomic E-state index is 0.261. The molecule has 0 radical (unpaired) electrons. The van der Waals surface area contributed by atoms with Gasteiger partial charge in [-0.2, -0.15) is 0 Å². The molecule has 0 aliphatic carbocycles. The van der Waals surface area contributed by atoms with Gasteiger partial charge in [0, 0.05) is 5.39 Å². The fraction of sp³-hybridized carbons (Fsp3) is 0. The van der Waals surface area contributed by atoms with Gasteiger partial charge in [-0.15, -0.1) is 0 Å². The van der Waals surface area contributed by atoms with Crippen molar-refractivity contribution in [3.05, 3.63) is 47.7 Å². The molecule has 3 aromatic rings. The maximum atomic E-state index is 6.09. The molecule has 2 N–H and O–H groups in total. The molecule has 0 amide bonds. The van der Waals surface area contributed by atoms with E-state index in [-0.39, 0.29) is 5.82 Å². The normalized spacial score (nSPS) is 10.7. The van der Waals surface area contributed by atoms with Crippen LogP contribution in [0, 0.1) is 0 Å². The van der Waals surface area contributed by atoms with E-state index >= 15 is 0 Å². The van der Waals surface area contributed by atoms with Crippen molar-refractivity contribution in [1.82, 2.24) is 15.0 Å². The van der Waals surface area contributed by atoms with E-state index in [9.17, 15) is 0 Å². The number of hydrogen-bond acceptors (Lipinski definition) is 4. The molecule has 88 valence electrons. The average Bonchev–Trinajstić information content (AvgIpc) is 2.41. The van der Waals surface area contributed by atoms with Gasteiger partial charge < -0.3 is 5.73 Å². The van der Waals surface area contributed by atoms with E-state index in [1.54, 1.807) is 0 Å². The number of benzene rings is 1. The monoisotopic (exact) mass is 256 g/mol. The molecular weight excluding hydrogens is 248 g/mol. The number of nitrogen functional groups attached to an aromatic ring is 1. The van der Waals surface area contributed by atoms with E-state index in [4.69, 9.17) is 17.3 Å². The zero-order chi connectivity index (χ0) is 12.5. The van der Waals surface area contributed by atoms with Gasteiger partial charge in [0.05, 0.1) is 11.2 Å². The third kappa shape index (κ3) is 1.76. The van der Waals surface area contributed by atoms with E-state index in [0.29, 0.717) is 16.4 Å². The number of aromatic nitrogens is 3. The van der Waals surface area contributed by atoms with E-state index in [1.165, 1.54) is 6.33 Å². The van der Waals surface area contributed by atoms with E-state index in [0.717, 1.165) is 10.9 Å². The second kappa shape index (κ2) is 4.23. The average molecular weight is 257 g/mol. The van der Waals surface area contributed by atoms with Crippen LogP contribution < -0.4 is 5.73 Å². The van der Waals surface area contributed by atoms with Crippen LogP contribution in [0.2, 0.25) is 5.02 Å². The summed E-state index contributed by atoms with van der Waals surface area (Å²) in [6.07, 6.45) is 1.38. The SMILES string of the molecule is Nc1ncnc(-c2ccc3ccccc3n2)c1Cl. The summed E-state index contributed by atoms with van der Waals surface area (Å²) in [6.45, 7) is 0. The summed E-state index contributed by atoms with van der Waals surface area (Å²) < 4.78 is 0. The Morgan fingerprint density at radius 1 is 1.00 bits per heavy atom. The predicted octanol–water partition coefficient (Wildman–Crippen LogP) is 2.93. The summed E-state index contributed by atoms with van der Waals surface area (Å²) in [7, 11) is 0. The van der Waals surface area contributed by atoms with Crippen molar-refractivity contribution >= 4 is 28.3 Å². The highest BCUT2D eigenvalue weighted by Gasteiger charge is 2.10. The van der Waals surface area contributed by atoms with Gasteiger partial charge in [0.25, 0.3) is 0 Å². The number of hydrogen-bond donors (Lipinski definition) is 1. The molecule has 0 atom stereocenters. The zero-order valence-electron chi connectivity index (χ0n) is 9.34. The van der Waals surface area contributed by atoms with Crippen LogP contribution in [0.1, 0.15) is 0 Å². The largest absolute Gasteiger partial charge is 0.382 e. The first-order valence-corrected chi connectivity index (χ1v) is 5.75. The Morgan fingerprint density at radius 2 is 1.83 bits per heavy atom. The molecule has 0 bridgehead atoms. The van der Waals surface area contributed by atoms with Crippen molar-refractivity contribution < 1.29 is 0 Å². The lowest BCUT2D eigenvalue weighted by atomic mass is 10.2. The lowest BCUT2D eigenvalue weighted by Crippen LogP contribution is -1.96. The third-order valence-corrected chi connectivity index (χ3v) is 3.03. The lowest BCUT2D eigenvalue weighted by molar-refractivity contribution is 1.17. The Kier molecular flexibility index (Phi) is 2.57. The number of nitrogens with two attached hydrogens (primary N) is 1. The quantitative estimate of drug-likeness (QED) is 0.727. The molecule has 5 heteroatoms. The Hall–Kier alpha value is -2.20. The fourth-order valence-electron chi connectivity index (χ4n) is 1.76. The van der Waals surface area contributed by atoms with E-state index in [2.05, 4.69) is 15.0 Å². The van der Waals surface area contributed by atoms with Crippen LogP contribution in [-0.4, -0.2) is 15.0 Å². The minimum Gasteiger partial charge on any atom is -0.382 e. The van der Waals surface area contributed by atoms with E-state index in [1.807, 2.05) is 36.4 Å². The first kappa shape index (κ1) is 10.9. The van der Waals surface area contributed by atoms with Crippen molar-refractivity contribution in [1.29, 1.82) is 0 Å². The number of para-hydroxylation sites is 1. The number of rotatable bonds is 1. The van der Waals surface area contributed by atoms with Gasteiger partial charge in [0.15, 0.2) is 0 Å². The maximum absolute atomic E-state index is 6.09. The van der Waals surface area contributed by atoms with E-state index < -0.39 is 0 Å². The Bertz CT molecular complexity index is 727. The highest BCUT2D eigenvalue weighted by atomic mass is 35.5. The van der Waals surface area contributed by atoms with Crippen LogP contribution in [0.5, 0.6) is 0 Å². The molecule has 0 aliphatic rings. The molecule has 0 saturated heterocycles. The molecule has 1 aromatic carbocycles. The van der Waals surface area contributed by atoms with Gasteiger partial charge in [-0.1, -0.05) is 35.9 Å². The topological polar surface area (TPSA) is 64.7 Å². The van der Waals surface area contributed by atoms with Gasteiger partial charge in [-0.25, -0.2) is 15.0 Å². The summed E-state index contributed by atoms with van der Waals surface area (Å²) in [5.74, 6) is 0.261. The van der Waals surface area contributed by atoms with Crippen LogP contribution in [-0.2, 0) is 0 Å². The second-order valence-corrected chi connectivity index (χ2v) is 4.19. The Labute approximate surface area is 108 Å². The Morgan fingerprint density at radius 3 is 2.72 bits per heavy atom. The predicted molar refractivity (Wildman–Crippen MR) is 72.2 cm³/mol. The molecule has 0 aliphatic heterocycles. The fourth-order valence-corrected chi connectivity index (χ4v) is 1.95. The molecule has 2 aromatic heterocycles. The van der Waals surface area contributed by atoms with Gasteiger partial charge in [0.2, 0.25) is 0 Å². The molecule has 0 fully saturated rings. The van der Waals surface area contributed by atoms with Gasteiger partial charge in [-0.05, 0) is 12.1 Å². The smallest absolute Gasteiger partial charge is 0.146 e. The highest BCUT2D eigenvalue weighted by Crippen LogP contribution is 2.28. The van der Waals surface area contributed by atoms with Crippen molar-refractivity contribution in [3.8, 4) is 11.4 Å². The van der Waals surface area contributed by atoms with Crippen LogP contribution >= 0.6 is 11.6 Å². The van der Waals surface area contributed by atoms with Gasteiger partial charge in [-0.3, -0.25) is 0 Å². The summed E-state index contributed by atoms with van der Waals surface area (Å²) in [5.41, 5.74) is 7.79. The number of nitrogens with zero attached hydrogens (tertiary/aromatic N) is 3. The Balaban J connectivity index is 2.22. The third-order valence-electron chi connectivity index (χ3n) is 2.66. The van der Waals surface area contributed by atoms with Crippen LogP contribution in [0.25, 0.3) is 22.3 Å². The molecule has 4 nitrogen and oxygen atoms in total. The van der Waals surface area contributed by atoms with Crippen molar-refractivity contribution in [2.75, 3.05) is 5.73 Å². The summed E-state index contributed by atoms with van der Waals surface area (Å²) >= 11 is 6.09. The molecular formula is C13H9ClN4. The number of fused-ring (bicyclic) bond motifs is 1. The second-order valence-electron chi connectivity index (χ2n) is 3.81. The van der Waals surface area contributed by atoms with Crippen LogP contribution in [0.4, 0.5) is 5.82 Å². The first-order chi connectivity index (χ1) is 8.75. The van der Waals surface area contributed by atoms with Crippen LogP contribution in [0.15, 0.2) is 42.7 Å². The van der Waals surface area contributed by atoms with Gasteiger partial charge >= 0.3 is 0 Å². The van der Waals surface area contributed by atoms with Crippen molar-refractivity contribution in [2.45, 2.75) is 0 Å². The van der Waals surface area contributed by atoms with Gasteiger partial charge in [0.1, 0.15) is 22.9 Å². The maximum Gasteiger partial charge on any atom is 0.146 e. The summed E-state index contributed by atoms with van der Waals surface area (Å²) in [6, 6.07) is 11.7. The van der Waals surface area contributed by atoms with Crippen LogP contribution in [0.3, 0.4) is 0 Å². The molecule has 0 saturated carbocycles. The molecule has 3 rings (SSSR count). The summed E-state index contributed by atoms with van der Waals surface area (Å²) in [5, 5.41) is 1.40. The number of pyridine rings is 1. The standard InChI is InChI=1S/C13H9ClN4/c14-11-12(16-7-17-13(11)15)10-6-5-8-3-1-2-4-9(8)18-10/h1-7H,(H2,15,16,17). The highest BCUT2D eigenvalue weighted by molar-refractivity contribution is 6.35. The molecule has 18 heavy (non-hydrogen) atoms. The number of anilines is 1. The summed E-state index contributed by atoms with van der Waals surface area (Å²) in [4.78, 5) is 12.5. The molecule has 0 unspecified atom stereocenters. The lowest BCUT2D eigenvalue weighted by Gasteiger charge is -2.05. The number of halogens is 1. The first-order valence-electron chi connectivity index (χ1n) is 5.38. The molecule has 2 heterocycles. The minimum atomic E-state index is 0.261.